The van der Waals surface area contributed by atoms with Crippen LogP contribution in [0.4, 0.5) is 0 Å². The Kier molecular flexibility index (Phi) is 7.07. The highest BCUT2D eigenvalue weighted by molar-refractivity contribution is 7.98. The standard InChI is InChI=1S/C18H21NO5S2/c1-24-15-7-3-13(4-8-15)14-5-9-16(10-6-14)26(22,23)19-17(18(20)21)11-12-25-2/h3-10,17,19H,11-12H2,1-2H3,(H,20,21)/t17-/m1/s1. The normalized spacial score (nSPS) is 12.5. The Balaban J connectivity index is 2.18. The van der Waals surface area contributed by atoms with Crippen LogP contribution >= 0.6 is 11.8 Å². The smallest absolute Gasteiger partial charge is 0.321 e. The van der Waals surface area contributed by atoms with E-state index in [2.05, 4.69) is 4.72 Å². The first kappa shape index (κ1) is 20.3. The molecule has 0 spiro atoms. The molecule has 0 fully saturated rings. The number of hydrogen-bond donors (Lipinski definition) is 2. The van der Waals surface area contributed by atoms with Crippen molar-refractivity contribution in [3.8, 4) is 16.9 Å². The van der Waals surface area contributed by atoms with Crippen molar-refractivity contribution in [2.24, 2.45) is 0 Å². The molecule has 0 saturated carbocycles. The highest BCUT2D eigenvalue weighted by atomic mass is 32.2. The van der Waals surface area contributed by atoms with Crippen LogP contribution < -0.4 is 9.46 Å². The molecule has 0 amide bonds. The van der Waals surface area contributed by atoms with Crippen LogP contribution in [0.5, 0.6) is 5.75 Å². The molecule has 2 aromatic rings. The van der Waals surface area contributed by atoms with Gasteiger partial charge < -0.3 is 9.84 Å². The molecule has 0 unspecified atom stereocenters. The van der Waals surface area contributed by atoms with Crippen LogP contribution in [0.25, 0.3) is 11.1 Å². The fourth-order valence-electron chi connectivity index (χ4n) is 2.33. The summed E-state index contributed by atoms with van der Waals surface area (Å²) in [7, 11) is -2.32. The van der Waals surface area contributed by atoms with Crippen molar-refractivity contribution in [2.45, 2.75) is 17.4 Å². The first-order chi connectivity index (χ1) is 12.4. The van der Waals surface area contributed by atoms with Crippen molar-refractivity contribution in [3.05, 3.63) is 48.5 Å². The third kappa shape index (κ3) is 5.23. The minimum Gasteiger partial charge on any atom is -0.497 e. The van der Waals surface area contributed by atoms with E-state index in [0.717, 1.165) is 16.9 Å². The third-order valence-electron chi connectivity index (χ3n) is 3.79. The van der Waals surface area contributed by atoms with Gasteiger partial charge in [-0.25, -0.2) is 8.42 Å². The second-order valence-corrected chi connectivity index (χ2v) is 8.25. The number of rotatable bonds is 9. The number of sulfonamides is 1. The molecule has 0 aliphatic heterocycles. The fraction of sp³-hybridized carbons (Fsp3) is 0.278. The van der Waals surface area contributed by atoms with Crippen molar-refractivity contribution < 1.29 is 23.1 Å². The van der Waals surface area contributed by atoms with Gasteiger partial charge in [-0.2, -0.15) is 16.5 Å². The highest BCUT2D eigenvalue weighted by Crippen LogP contribution is 2.24. The van der Waals surface area contributed by atoms with Crippen LogP contribution in [0, 0.1) is 0 Å². The van der Waals surface area contributed by atoms with Gasteiger partial charge in [0.2, 0.25) is 10.0 Å². The number of carboxylic acid groups (broad SMARTS) is 1. The Bertz CT molecular complexity index is 833. The van der Waals surface area contributed by atoms with Crippen molar-refractivity contribution in [1.82, 2.24) is 4.72 Å². The van der Waals surface area contributed by atoms with Gasteiger partial charge in [-0.15, -0.1) is 0 Å². The van der Waals surface area contributed by atoms with E-state index in [1.54, 1.807) is 19.2 Å². The molecule has 2 N–H and O–H groups in total. The van der Waals surface area contributed by atoms with E-state index in [1.807, 2.05) is 30.5 Å². The molecule has 2 rings (SSSR count). The Hall–Kier alpha value is -2.03. The second-order valence-electron chi connectivity index (χ2n) is 5.55. The SMILES string of the molecule is COc1ccc(-c2ccc(S(=O)(=O)N[C@H](CCSC)C(=O)O)cc2)cc1. The summed E-state index contributed by atoms with van der Waals surface area (Å²) < 4.78 is 32.3. The number of methoxy groups -OCH3 is 1. The van der Waals surface area contributed by atoms with Crippen molar-refractivity contribution >= 4 is 27.8 Å². The zero-order chi connectivity index (χ0) is 19.2. The third-order valence-corrected chi connectivity index (χ3v) is 5.93. The molecule has 1 atom stereocenters. The molecule has 8 heteroatoms. The van der Waals surface area contributed by atoms with Gasteiger partial charge in [-0.1, -0.05) is 24.3 Å². The van der Waals surface area contributed by atoms with E-state index < -0.39 is 22.0 Å². The zero-order valence-corrected chi connectivity index (χ0v) is 16.1. The predicted octanol–water partition coefficient (Wildman–Crippen LogP) is 2.85. The summed E-state index contributed by atoms with van der Waals surface area (Å²) in [6.45, 7) is 0. The first-order valence-electron chi connectivity index (χ1n) is 7.86. The number of carboxylic acids is 1. The van der Waals surface area contributed by atoms with Crippen molar-refractivity contribution in [2.75, 3.05) is 19.1 Å². The molecule has 26 heavy (non-hydrogen) atoms. The number of thioether (sulfide) groups is 1. The highest BCUT2D eigenvalue weighted by Gasteiger charge is 2.24. The average Bonchev–Trinajstić information content (AvgIpc) is 2.65. The molecule has 0 bridgehead atoms. The molecular weight excluding hydrogens is 374 g/mol. The average molecular weight is 396 g/mol. The van der Waals surface area contributed by atoms with E-state index in [4.69, 9.17) is 4.74 Å². The lowest BCUT2D eigenvalue weighted by atomic mass is 10.1. The maximum Gasteiger partial charge on any atom is 0.321 e. The molecule has 6 nitrogen and oxygen atoms in total. The lowest BCUT2D eigenvalue weighted by Crippen LogP contribution is -2.41. The summed E-state index contributed by atoms with van der Waals surface area (Å²) >= 11 is 1.46. The Morgan fingerprint density at radius 2 is 1.65 bits per heavy atom. The topological polar surface area (TPSA) is 92.7 Å². The van der Waals surface area contributed by atoms with E-state index in [1.165, 1.54) is 23.9 Å². The molecule has 0 aromatic heterocycles. The second kappa shape index (κ2) is 9.07. The maximum atomic E-state index is 12.4. The van der Waals surface area contributed by atoms with E-state index >= 15 is 0 Å². The van der Waals surface area contributed by atoms with E-state index in [9.17, 15) is 18.3 Å². The van der Waals surface area contributed by atoms with Gasteiger partial charge in [-0.05, 0) is 53.8 Å². The van der Waals surface area contributed by atoms with Gasteiger partial charge in [0.25, 0.3) is 0 Å². The Morgan fingerprint density at radius 1 is 1.12 bits per heavy atom. The van der Waals surface area contributed by atoms with Gasteiger partial charge in [-0.3, -0.25) is 4.79 Å². The Labute approximate surface area is 157 Å². The number of ether oxygens (including phenoxy) is 1. The van der Waals surface area contributed by atoms with Crippen molar-refractivity contribution in [3.63, 3.8) is 0 Å². The van der Waals surface area contributed by atoms with Crippen LogP contribution in [0.15, 0.2) is 53.4 Å². The molecular formula is C18H21NO5S2. The number of aliphatic carboxylic acids is 1. The van der Waals surface area contributed by atoms with Gasteiger partial charge in [0.15, 0.2) is 0 Å². The number of carbonyl (C=O) groups is 1. The minimum absolute atomic E-state index is 0.0326. The molecule has 0 aliphatic carbocycles. The Morgan fingerprint density at radius 3 is 2.12 bits per heavy atom. The molecule has 0 radical (unpaired) electrons. The van der Waals surface area contributed by atoms with Crippen molar-refractivity contribution in [1.29, 1.82) is 0 Å². The van der Waals surface area contributed by atoms with Gasteiger partial charge >= 0.3 is 5.97 Å². The summed E-state index contributed by atoms with van der Waals surface area (Å²) in [6.07, 6.45) is 2.06. The summed E-state index contributed by atoms with van der Waals surface area (Å²) in [5.74, 6) is 0.107. The molecule has 0 aliphatic rings. The molecule has 2 aromatic carbocycles. The van der Waals surface area contributed by atoms with E-state index in [0.29, 0.717) is 5.75 Å². The lowest BCUT2D eigenvalue weighted by molar-refractivity contribution is -0.139. The summed E-state index contributed by atoms with van der Waals surface area (Å²) in [5.41, 5.74) is 1.77. The fourth-order valence-corrected chi connectivity index (χ4v) is 4.03. The van der Waals surface area contributed by atoms with Gasteiger partial charge in [0.05, 0.1) is 12.0 Å². The first-order valence-corrected chi connectivity index (χ1v) is 10.7. The monoisotopic (exact) mass is 395 g/mol. The quantitative estimate of drug-likeness (QED) is 0.678. The van der Waals surface area contributed by atoms with Crippen LogP contribution in [-0.4, -0.2) is 44.7 Å². The van der Waals surface area contributed by atoms with Crippen LogP contribution in [0.1, 0.15) is 6.42 Å². The maximum absolute atomic E-state index is 12.4. The molecule has 0 heterocycles. The lowest BCUT2D eigenvalue weighted by Gasteiger charge is -2.14. The molecule has 140 valence electrons. The summed E-state index contributed by atoms with van der Waals surface area (Å²) in [4.78, 5) is 11.3. The minimum atomic E-state index is -3.90. The zero-order valence-electron chi connectivity index (χ0n) is 14.5. The number of hydrogen-bond acceptors (Lipinski definition) is 5. The number of benzene rings is 2. The predicted molar refractivity (Wildman–Crippen MR) is 103 cm³/mol. The van der Waals surface area contributed by atoms with E-state index in [-0.39, 0.29) is 11.3 Å². The van der Waals surface area contributed by atoms with Crippen LogP contribution in [0.2, 0.25) is 0 Å². The largest absolute Gasteiger partial charge is 0.497 e. The number of nitrogens with one attached hydrogen (secondary N) is 1. The van der Waals surface area contributed by atoms with Crippen LogP contribution in [-0.2, 0) is 14.8 Å². The van der Waals surface area contributed by atoms with Crippen LogP contribution in [0.3, 0.4) is 0 Å². The van der Waals surface area contributed by atoms with Gasteiger partial charge in [0.1, 0.15) is 11.8 Å². The molecule has 0 saturated heterocycles. The summed E-state index contributed by atoms with van der Waals surface area (Å²) in [6, 6.07) is 12.6. The summed E-state index contributed by atoms with van der Waals surface area (Å²) in [5, 5.41) is 9.20. The van der Waals surface area contributed by atoms with Gasteiger partial charge in [0, 0.05) is 0 Å².